The van der Waals surface area contributed by atoms with Gasteiger partial charge in [0.2, 0.25) is 0 Å². The van der Waals surface area contributed by atoms with Crippen LogP contribution in [0.25, 0.3) is 0 Å². The number of aromatic nitrogens is 2. The van der Waals surface area contributed by atoms with Crippen LogP contribution in [0.3, 0.4) is 0 Å². The van der Waals surface area contributed by atoms with Gasteiger partial charge in [-0.2, -0.15) is 0 Å². The molecule has 2 aromatic heterocycles. The Morgan fingerprint density at radius 2 is 1.30 bits per heavy atom. The number of rotatable bonds is 11. The van der Waals surface area contributed by atoms with Gasteiger partial charge in [0, 0.05) is 46.5 Å². The quantitative estimate of drug-likeness (QED) is 0.183. The molecule has 296 valence electrons. The summed E-state index contributed by atoms with van der Waals surface area (Å²) in [5.41, 5.74) is 5.47. The third kappa shape index (κ3) is 9.90. The van der Waals surface area contributed by atoms with Crippen LogP contribution >= 0.6 is 0 Å². The molecule has 0 radical (unpaired) electrons. The maximum atomic E-state index is 13.1. The highest BCUT2D eigenvalue weighted by atomic mass is 16.6. The smallest absolute Gasteiger partial charge is 0.254 e. The lowest BCUT2D eigenvalue weighted by Gasteiger charge is -2.23. The molecular formula is C47H50N2O8. The summed E-state index contributed by atoms with van der Waals surface area (Å²) < 4.78 is 37.4. The normalized spacial score (nSPS) is 24.3. The van der Waals surface area contributed by atoms with Crippen molar-refractivity contribution in [1.82, 2.24) is 9.13 Å². The zero-order valence-corrected chi connectivity index (χ0v) is 32.9. The van der Waals surface area contributed by atoms with E-state index in [0.29, 0.717) is 94.6 Å². The molecule has 2 aliphatic heterocycles. The average Bonchev–Trinajstić information content (AvgIpc) is 4.16. The summed E-state index contributed by atoms with van der Waals surface area (Å²) in [5, 5.41) is 0. The van der Waals surface area contributed by atoms with Crippen LogP contribution in [0.2, 0.25) is 0 Å². The Balaban J connectivity index is 0.812. The second-order valence-electron chi connectivity index (χ2n) is 15.6. The third-order valence-electron chi connectivity index (χ3n) is 11.3. The highest BCUT2D eigenvalue weighted by Gasteiger charge is 2.52. The minimum Gasteiger partial charge on any atom is -0.491 e. The number of aryl methyl sites for hydroxylation is 2. The van der Waals surface area contributed by atoms with Gasteiger partial charge in [-0.1, -0.05) is 47.9 Å². The van der Waals surface area contributed by atoms with Crippen LogP contribution in [0.5, 0.6) is 11.5 Å². The molecule has 0 N–H and O–H groups in total. The highest BCUT2D eigenvalue weighted by molar-refractivity contribution is 5.41. The number of benzene rings is 2. The maximum absolute atomic E-state index is 13.1. The van der Waals surface area contributed by atoms with E-state index in [4.69, 9.17) is 28.4 Å². The molecule has 2 saturated heterocycles. The van der Waals surface area contributed by atoms with Crippen LogP contribution in [0.15, 0.2) is 82.4 Å². The van der Waals surface area contributed by atoms with Gasteiger partial charge in [0.1, 0.15) is 36.9 Å². The fourth-order valence-corrected chi connectivity index (χ4v) is 7.87. The maximum Gasteiger partial charge on any atom is 0.254 e. The van der Waals surface area contributed by atoms with Crippen LogP contribution in [0, 0.1) is 61.2 Å². The molecule has 8 rings (SSSR count). The first-order valence-corrected chi connectivity index (χ1v) is 20.1. The Hall–Kier alpha value is -5.10. The van der Waals surface area contributed by atoms with Crippen LogP contribution < -0.4 is 20.6 Å². The Morgan fingerprint density at radius 3 is 1.88 bits per heavy atom. The topological polar surface area (TPSA) is 99.4 Å². The van der Waals surface area contributed by atoms with Gasteiger partial charge in [0.05, 0.1) is 52.2 Å². The van der Waals surface area contributed by atoms with Gasteiger partial charge in [-0.05, 0) is 93.0 Å². The van der Waals surface area contributed by atoms with Crippen molar-refractivity contribution in [1.29, 1.82) is 0 Å². The van der Waals surface area contributed by atoms with Crippen molar-refractivity contribution in [3.63, 3.8) is 0 Å². The van der Waals surface area contributed by atoms with Gasteiger partial charge in [0.25, 0.3) is 11.1 Å². The van der Waals surface area contributed by atoms with Crippen LogP contribution in [-0.2, 0) is 25.5 Å². The Morgan fingerprint density at radius 1 is 0.702 bits per heavy atom. The lowest BCUT2D eigenvalue weighted by Crippen LogP contribution is -2.33. The fourth-order valence-electron chi connectivity index (χ4n) is 7.87. The van der Waals surface area contributed by atoms with Crippen molar-refractivity contribution in [3.05, 3.63) is 127 Å². The van der Waals surface area contributed by atoms with Crippen LogP contribution in [0.1, 0.15) is 59.4 Å². The number of hydrogen-bond donors (Lipinski definition) is 0. The molecule has 2 aromatic carbocycles. The van der Waals surface area contributed by atoms with Crippen LogP contribution in [0.4, 0.5) is 0 Å². The lowest BCUT2D eigenvalue weighted by atomic mass is 10.0. The van der Waals surface area contributed by atoms with Gasteiger partial charge < -0.3 is 37.6 Å². The van der Waals surface area contributed by atoms with E-state index in [2.05, 4.69) is 41.9 Å². The molecule has 0 bridgehead atoms. The van der Waals surface area contributed by atoms with E-state index in [1.54, 1.807) is 15.2 Å². The summed E-state index contributed by atoms with van der Waals surface area (Å²) >= 11 is 0. The summed E-state index contributed by atoms with van der Waals surface area (Å²) in [5.74, 6) is 17.0. The Bertz CT molecular complexity index is 2300. The van der Waals surface area contributed by atoms with E-state index in [1.165, 1.54) is 6.07 Å². The summed E-state index contributed by atoms with van der Waals surface area (Å²) in [4.78, 5) is 26.2. The van der Waals surface area contributed by atoms with Gasteiger partial charge in [-0.15, -0.1) is 0 Å². The minimum absolute atomic E-state index is 0.104. The number of hydrogen-bond acceptors (Lipinski definition) is 8. The van der Waals surface area contributed by atoms with E-state index < -0.39 is 0 Å². The fraction of sp³-hybridized carbons (Fsp3) is 0.447. The number of nitrogens with zero attached hydrogens (tertiary/aromatic N) is 2. The largest absolute Gasteiger partial charge is 0.491 e. The van der Waals surface area contributed by atoms with Gasteiger partial charge in [0.15, 0.2) is 0 Å². The standard InChI is InChI=1S/C47H50N2O8/c1-31-19-40(56-29-42-27-52-15-17-54-42)24-46(50)48(31)26-36-6-4-5-35(21-36)10-14-39-23-45(39)44-22-38(44)13-9-34-7-11-37(12-8-34)33(3)49-32(2)20-41(25-47(49)51)57-30-43-28-53-16-18-55-43/h4-8,11-12,19-21,24-25,33,38-39,42-45H,15-18,22-23,26-30H2,1-3H3/t33?,38?,39?,42-,43?,44?,45?/m1/s1. The van der Waals surface area contributed by atoms with Gasteiger partial charge >= 0.3 is 0 Å². The highest BCUT2D eigenvalue weighted by Crippen LogP contribution is 2.57. The minimum atomic E-state index is -0.137. The summed E-state index contributed by atoms with van der Waals surface area (Å²) in [6.07, 6.45) is 2.01. The number of pyridine rings is 2. The van der Waals surface area contributed by atoms with Crippen molar-refractivity contribution in [2.45, 2.75) is 58.4 Å². The second-order valence-corrected chi connectivity index (χ2v) is 15.6. The van der Waals surface area contributed by atoms with E-state index in [-0.39, 0.29) is 29.4 Å². The first-order chi connectivity index (χ1) is 27.8. The Kier molecular flexibility index (Phi) is 12.0. The third-order valence-corrected chi connectivity index (χ3v) is 11.3. The summed E-state index contributed by atoms with van der Waals surface area (Å²) in [6, 6.07) is 23.1. The molecule has 6 unspecified atom stereocenters. The van der Waals surface area contributed by atoms with Crippen molar-refractivity contribution >= 4 is 0 Å². The van der Waals surface area contributed by atoms with E-state index in [0.717, 1.165) is 46.5 Å². The molecule has 4 fully saturated rings. The van der Waals surface area contributed by atoms with E-state index >= 15 is 0 Å². The van der Waals surface area contributed by atoms with E-state index in [9.17, 15) is 9.59 Å². The van der Waals surface area contributed by atoms with Crippen molar-refractivity contribution in [2.24, 2.45) is 23.7 Å². The van der Waals surface area contributed by atoms with Crippen molar-refractivity contribution in [2.75, 3.05) is 52.9 Å². The zero-order valence-electron chi connectivity index (χ0n) is 32.9. The molecule has 4 heterocycles. The van der Waals surface area contributed by atoms with E-state index in [1.807, 2.05) is 63.2 Å². The molecule has 10 nitrogen and oxygen atoms in total. The first kappa shape index (κ1) is 38.8. The molecule has 7 atom stereocenters. The molecule has 4 aromatic rings. The zero-order chi connectivity index (χ0) is 39.3. The summed E-state index contributed by atoms with van der Waals surface area (Å²) in [7, 11) is 0. The molecular weight excluding hydrogens is 721 g/mol. The molecule has 57 heavy (non-hydrogen) atoms. The second kappa shape index (κ2) is 17.6. The molecule has 2 aliphatic carbocycles. The number of ether oxygens (including phenoxy) is 6. The molecule has 0 spiro atoms. The summed E-state index contributed by atoms with van der Waals surface area (Å²) in [6.45, 7) is 10.4. The predicted molar refractivity (Wildman–Crippen MR) is 216 cm³/mol. The average molecular weight is 771 g/mol. The monoisotopic (exact) mass is 770 g/mol. The van der Waals surface area contributed by atoms with Gasteiger partial charge in [-0.25, -0.2) is 0 Å². The lowest BCUT2D eigenvalue weighted by molar-refractivity contribution is -0.101. The van der Waals surface area contributed by atoms with Crippen molar-refractivity contribution in [3.8, 4) is 35.2 Å². The first-order valence-electron chi connectivity index (χ1n) is 20.1. The Labute approximate surface area is 334 Å². The van der Waals surface area contributed by atoms with Gasteiger partial charge in [-0.3, -0.25) is 9.59 Å². The SMILES string of the molecule is Cc1cc(OC[C@H]2COCCO2)cc(=O)n1Cc1cccc(C#CC2CC2C2CC2C#Cc2ccc(C(C)n3c(C)cc(OCC4COCCO4)cc3=O)cc2)c1. The molecule has 2 saturated carbocycles. The molecule has 10 heteroatoms. The molecule has 0 amide bonds. The van der Waals surface area contributed by atoms with Crippen LogP contribution in [-0.4, -0.2) is 74.2 Å². The molecule has 4 aliphatic rings. The van der Waals surface area contributed by atoms with Crippen molar-refractivity contribution < 1.29 is 28.4 Å². The predicted octanol–water partition coefficient (Wildman–Crippen LogP) is 5.55.